The largest absolute Gasteiger partial charge is 0.508 e. The van der Waals surface area contributed by atoms with Gasteiger partial charge in [0.15, 0.2) is 0 Å². The molecule has 0 spiro atoms. The van der Waals surface area contributed by atoms with Crippen molar-refractivity contribution in [1.29, 1.82) is 0 Å². The fourth-order valence-corrected chi connectivity index (χ4v) is 3.54. The molecule has 0 radical (unpaired) electrons. The van der Waals surface area contributed by atoms with Crippen molar-refractivity contribution in [3.63, 3.8) is 0 Å². The minimum Gasteiger partial charge on any atom is -0.508 e. The van der Waals surface area contributed by atoms with Crippen LogP contribution in [0.2, 0.25) is 0 Å². The Labute approximate surface area is 152 Å². The summed E-state index contributed by atoms with van der Waals surface area (Å²) in [5.41, 5.74) is 3.62. The van der Waals surface area contributed by atoms with E-state index in [0.717, 1.165) is 21.5 Å². The van der Waals surface area contributed by atoms with Gasteiger partial charge in [-0.2, -0.15) is 0 Å². The second kappa shape index (κ2) is 6.27. The van der Waals surface area contributed by atoms with Crippen LogP contribution in [0.25, 0.3) is 10.2 Å². The first-order chi connectivity index (χ1) is 12.5. The molecule has 26 heavy (non-hydrogen) atoms. The molecule has 0 unspecified atom stereocenters. The maximum atomic E-state index is 12.0. The second-order valence-corrected chi connectivity index (χ2v) is 6.92. The molecule has 6 nitrogen and oxygen atoms in total. The monoisotopic (exact) mass is 365 g/mol. The van der Waals surface area contributed by atoms with Crippen LogP contribution in [0.4, 0.5) is 17.1 Å². The van der Waals surface area contributed by atoms with Crippen molar-refractivity contribution in [2.75, 3.05) is 10.6 Å². The van der Waals surface area contributed by atoms with Crippen LogP contribution >= 0.6 is 11.3 Å². The number of hydrogen-bond donors (Lipinski definition) is 3. The average molecular weight is 365 g/mol. The molecule has 0 amide bonds. The summed E-state index contributed by atoms with van der Waals surface area (Å²) in [4.78, 5) is 28.2. The topological polar surface area (TPSA) is 91.3 Å². The fraction of sp³-hybridized carbons (Fsp3) is 0.105. The maximum Gasteiger partial charge on any atom is 0.253 e. The quantitative estimate of drug-likeness (QED) is 0.469. The highest BCUT2D eigenvalue weighted by atomic mass is 32.1. The number of benzene rings is 2. The zero-order chi connectivity index (χ0) is 18.3. The molecule has 3 aromatic carbocycles. The molecule has 0 bridgehead atoms. The molecule has 7 heteroatoms. The van der Waals surface area contributed by atoms with Gasteiger partial charge in [0.05, 0.1) is 15.7 Å². The summed E-state index contributed by atoms with van der Waals surface area (Å²) in [5, 5.41) is 15.7. The Morgan fingerprint density at radius 2 is 1.88 bits per heavy atom. The Kier molecular flexibility index (Phi) is 3.93. The molecule has 4 rings (SSSR count). The first-order valence-electron chi connectivity index (χ1n) is 8.02. The number of fused-ring (bicyclic) bond motifs is 1. The molecule has 3 N–H and O–H groups in total. The van der Waals surface area contributed by atoms with E-state index >= 15 is 0 Å². The maximum absolute atomic E-state index is 12.0. The van der Waals surface area contributed by atoms with Gasteiger partial charge >= 0.3 is 0 Å². The summed E-state index contributed by atoms with van der Waals surface area (Å²) in [6.45, 7) is 1.86. The number of aromatic nitrogens is 1. The van der Waals surface area contributed by atoms with Crippen molar-refractivity contribution >= 4 is 38.6 Å². The molecule has 0 saturated heterocycles. The first kappa shape index (κ1) is 16.3. The summed E-state index contributed by atoms with van der Waals surface area (Å²) in [6.07, 6.45) is 0. The van der Waals surface area contributed by atoms with E-state index in [1.807, 2.05) is 31.2 Å². The highest BCUT2D eigenvalue weighted by molar-refractivity contribution is 7.16. The summed E-state index contributed by atoms with van der Waals surface area (Å²) in [7, 11) is 0. The van der Waals surface area contributed by atoms with Crippen LogP contribution in [0, 0.1) is 0 Å². The van der Waals surface area contributed by atoms with Crippen LogP contribution in [0.15, 0.2) is 57.6 Å². The standard InChI is InChI=1S/C19H15N3O3S/c1-10(11-3-2-4-13(23)7-11)21-16-17(19(25)18(16)24)22-12-5-6-14-15(8-12)26-9-20-14/h2-10,21-23H,1H3/t10-/m1/s1. The normalized spacial score (nSPS) is 12.3. The number of aromatic hydroxyl groups is 1. The Balaban J connectivity index is 1.59. The third kappa shape index (κ3) is 2.82. The lowest BCUT2D eigenvalue weighted by Gasteiger charge is -2.20. The molecule has 0 saturated carbocycles. The van der Waals surface area contributed by atoms with Crippen molar-refractivity contribution in [2.24, 2.45) is 0 Å². The summed E-state index contributed by atoms with van der Waals surface area (Å²) < 4.78 is 0.997. The molecule has 4 aromatic rings. The fourth-order valence-electron chi connectivity index (χ4n) is 2.82. The number of hydrogen-bond acceptors (Lipinski definition) is 7. The lowest BCUT2D eigenvalue weighted by atomic mass is 10.1. The van der Waals surface area contributed by atoms with Crippen molar-refractivity contribution in [1.82, 2.24) is 4.98 Å². The van der Waals surface area contributed by atoms with Gasteiger partial charge in [0.2, 0.25) is 0 Å². The summed E-state index contributed by atoms with van der Waals surface area (Å²) in [5.74, 6) is 0.150. The summed E-state index contributed by atoms with van der Waals surface area (Å²) in [6, 6.07) is 12.1. The van der Waals surface area contributed by atoms with Gasteiger partial charge in [0.1, 0.15) is 17.1 Å². The Morgan fingerprint density at radius 1 is 1.08 bits per heavy atom. The van der Waals surface area contributed by atoms with Crippen LogP contribution in [0.3, 0.4) is 0 Å². The van der Waals surface area contributed by atoms with E-state index in [1.165, 1.54) is 11.3 Å². The number of rotatable bonds is 5. The average Bonchev–Trinajstić information content (AvgIpc) is 3.11. The first-order valence-corrected chi connectivity index (χ1v) is 8.90. The number of phenols is 1. The Bertz CT molecular complexity index is 1170. The lowest BCUT2D eigenvalue weighted by Crippen LogP contribution is -2.37. The van der Waals surface area contributed by atoms with Gasteiger partial charge in [-0.05, 0) is 42.8 Å². The molecule has 0 fully saturated rings. The molecule has 130 valence electrons. The van der Waals surface area contributed by atoms with Gasteiger partial charge in [-0.15, -0.1) is 11.3 Å². The van der Waals surface area contributed by atoms with Crippen molar-refractivity contribution < 1.29 is 5.11 Å². The third-order valence-electron chi connectivity index (χ3n) is 4.24. The predicted octanol–water partition coefficient (Wildman–Crippen LogP) is 3.51. The van der Waals surface area contributed by atoms with E-state index < -0.39 is 10.9 Å². The molecule has 1 atom stereocenters. The number of nitrogens with zero attached hydrogens (tertiary/aromatic N) is 1. The van der Waals surface area contributed by atoms with Crippen LogP contribution in [0.1, 0.15) is 18.5 Å². The molecule has 0 aliphatic heterocycles. The number of thiazole rings is 1. The lowest BCUT2D eigenvalue weighted by molar-refractivity contribution is 0.474. The van der Waals surface area contributed by atoms with Gasteiger partial charge in [-0.1, -0.05) is 12.1 Å². The molecule has 0 aliphatic carbocycles. The SMILES string of the molecule is C[C@@H](Nc1c(Nc2ccc3ncsc3c2)c(=O)c1=O)c1cccc(O)c1. The Morgan fingerprint density at radius 3 is 2.69 bits per heavy atom. The highest BCUT2D eigenvalue weighted by Crippen LogP contribution is 2.28. The second-order valence-electron chi connectivity index (χ2n) is 6.03. The van der Waals surface area contributed by atoms with Gasteiger partial charge in [-0.25, -0.2) is 4.98 Å². The number of nitrogens with one attached hydrogen (secondary N) is 2. The third-order valence-corrected chi connectivity index (χ3v) is 5.03. The van der Waals surface area contributed by atoms with E-state index in [0.29, 0.717) is 0 Å². The van der Waals surface area contributed by atoms with Crippen molar-refractivity contribution in [3.05, 3.63) is 74.0 Å². The van der Waals surface area contributed by atoms with Crippen LogP contribution in [-0.4, -0.2) is 10.1 Å². The molecule has 1 aromatic heterocycles. The zero-order valence-electron chi connectivity index (χ0n) is 13.8. The zero-order valence-corrected chi connectivity index (χ0v) is 14.6. The number of phenolic OH excluding ortho intramolecular Hbond substituents is 1. The van der Waals surface area contributed by atoms with E-state index in [1.54, 1.807) is 23.7 Å². The molecular formula is C19H15N3O3S. The van der Waals surface area contributed by atoms with Gasteiger partial charge in [0, 0.05) is 11.7 Å². The van der Waals surface area contributed by atoms with Crippen LogP contribution in [-0.2, 0) is 0 Å². The van der Waals surface area contributed by atoms with Crippen LogP contribution < -0.4 is 21.5 Å². The number of anilines is 3. The molecular weight excluding hydrogens is 350 g/mol. The van der Waals surface area contributed by atoms with Crippen LogP contribution in [0.5, 0.6) is 5.75 Å². The minimum absolute atomic E-state index is 0.150. The van der Waals surface area contributed by atoms with Gasteiger partial charge < -0.3 is 15.7 Å². The van der Waals surface area contributed by atoms with Gasteiger partial charge in [0.25, 0.3) is 10.9 Å². The van der Waals surface area contributed by atoms with E-state index in [-0.39, 0.29) is 23.2 Å². The Hall–Kier alpha value is -3.19. The van der Waals surface area contributed by atoms with E-state index in [4.69, 9.17) is 0 Å². The molecule has 0 aliphatic rings. The smallest absolute Gasteiger partial charge is 0.253 e. The highest BCUT2D eigenvalue weighted by Gasteiger charge is 2.23. The van der Waals surface area contributed by atoms with Crippen molar-refractivity contribution in [2.45, 2.75) is 13.0 Å². The van der Waals surface area contributed by atoms with E-state index in [9.17, 15) is 14.7 Å². The molecule has 1 heterocycles. The summed E-state index contributed by atoms with van der Waals surface area (Å²) >= 11 is 1.51. The van der Waals surface area contributed by atoms with Crippen molar-refractivity contribution in [3.8, 4) is 5.75 Å². The van der Waals surface area contributed by atoms with Gasteiger partial charge in [-0.3, -0.25) is 9.59 Å². The van der Waals surface area contributed by atoms with E-state index in [2.05, 4.69) is 15.6 Å². The minimum atomic E-state index is -0.543. The predicted molar refractivity (Wildman–Crippen MR) is 104 cm³/mol.